The van der Waals surface area contributed by atoms with E-state index in [1.165, 1.54) is 35.1 Å². The summed E-state index contributed by atoms with van der Waals surface area (Å²) in [5.74, 6) is -1.27. The number of halogens is 2. The smallest absolute Gasteiger partial charge is 0.389 e. The number of nitrogens with zero attached hydrogens (tertiary/aromatic N) is 5. The van der Waals surface area contributed by atoms with E-state index in [2.05, 4.69) is 15.6 Å². The Kier molecular flexibility index (Phi) is 8.23. The van der Waals surface area contributed by atoms with Crippen LogP contribution in [0.15, 0.2) is 48.8 Å². The minimum atomic E-state index is -5.79. The lowest BCUT2D eigenvalue weighted by Gasteiger charge is -2.36. The van der Waals surface area contributed by atoms with Gasteiger partial charge in [0.25, 0.3) is 5.91 Å². The first-order valence-corrected chi connectivity index (χ1v) is 16.4. The van der Waals surface area contributed by atoms with E-state index < -0.39 is 49.0 Å². The second-order valence-electron chi connectivity index (χ2n) is 11.9. The molecule has 240 valence electrons. The summed E-state index contributed by atoms with van der Waals surface area (Å²) in [7, 11) is -5.79. The molecule has 13 nitrogen and oxygen atoms in total. The Morgan fingerprint density at radius 3 is 2.49 bits per heavy atom. The van der Waals surface area contributed by atoms with Gasteiger partial charge in [-0.1, -0.05) is 36.3 Å². The number of rotatable bonds is 6. The Morgan fingerprint density at radius 1 is 1.00 bits per heavy atom. The largest absolute Gasteiger partial charge is 0.399 e. The number of aliphatic hydroxyl groups is 1. The predicted octanol–water partition coefficient (Wildman–Crippen LogP) is 2.13. The van der Waals surface area contributed by atoms with Crippen LogP contribution in [0, 0.1) is 0 Å². The summed E-state index contributed by atoms with van der Waals surface area (Å²) in [6, 6.07) is 5.17. The minimum Gasteiger partial charge on any atom is -0.389 e. The molecule has 3 aliphatic heterocycles. The number of fused-ring (bicyclic) bond motifs is 2. The lowest BCUT2D eigenvalue weighted by molar-refractivity contribution is -0.146. The molecule has 2 aromatic carbocycles. The van der Waals surface area contributed by atoms with Crippen LogP contribution in [-0.2, 0) is 19.8 Å². The van der Waals surface area contributed by atoms with Crippen molar-refractivity contribution < 1.29 is 42.6 Å². The Bertz CT molecular complexity index is 1670. The number of amides is 3. The zero-order valence-corrected chi connectivity index (χ0v) is 25.0. The normalized spacial score (nSPS) is 26.1. The van der Waals surface area contributed by atoms with Crippen LogP contribution in [0.4, 0.5) is 8.78 Å². The number of benzene rings is 2. The van der Waals surface area contributed by atoms with Crippen molar-refractivity contribution in [2.24, 2.45) is 0 Å². The minimum absolute atomic E-state index is 0.0739. The van der Waals surface area contributed by atoms with Crippen molar-refractivity contribution in [1.82, 2.24) is 30.1 Å². The third-order valence-corrected chi connectivity index (χ3v) is 10.1. The molecule has 3 amide bonds. The summed E-state index contributed by atoms with van der Waals surface area (Å²) in [4.78, 5) is 62.5. The van der Waals surface area contributed by atoms with E-state index in [1.807, 2.05) is 0 Å². The van der Waals surface area contributed by atoms with Crippen molar-refractivity contribution in [3.63, 3.8) is 0 Å². The van der Waals surface area contributed by atoms with Gasteiger partial charge in [0.1, 0.15) is 12.1 Å². The molecule has 3 aromatic rings. The maximum atomic E-state index is 14.3. The lowest BCUT2D eigenvalue weighted by Crippen LogP contribution is -2.56. The molecule has 0 bridgehead atoms. The van der Waals surface area contributed by atoms with Crippen molar-refractivity contribution >= 4 is 36.1 Å². The standard InChI is InChI=1S/C29H33F2N6O7P/c30-29(31,45(42,43)44)20-8-7-17-5-6-18(13-19(17)14-20)26(39)33-22-4-2-1-3-21-9-10-23(37(21)27(22)40)28(41)35-15-24(25(38)16-35)36-12-11-32-34-36/h5-8,11-14,21-25,38H,1-4,9-10,15-16H2,(H,33,39)(H2,42,43,44)/t21-,22-,23-,24+,25+/m0/s1. The molecule has 5 atom stereocenters. The summed E-state index contributed by atoms with van der Waals surface area (Å²) >= 11 is 0. The molecule has 3 fully saturated rings. The quantitative estimate of drug-likeness (QED) is 0.292. The molecule has 45 heavy (non-hydrogen) atoms. The number of likely N-dealkylation sites (tertiary alicyclic amines) is 1. The molecule has 0 spiro atoms. The van der Waals surface area contributed by atoms with E-state index in [0.29, 0.717) is 31.1 Å². The summed E-state index contributed by atoms with van der Waals surface area (Å²) in [6.45, 7) is 0.312. The first-order valence-electron chi connectivity index (χ1n) is 14.8. The molecule has 0 radical (unpaired) electrons. The number of β-amino-alcohol motifs (C(OH)–C–C–N with tert-alkyl or cyclic N) is 1. The number of carbonyl (C=O) groups is 3. The SMILES string of the molecule is O=C(N[C@H]1CCCC[C@H]2CC[C@@H](C(=O)N3C[C@@H](O)[C@H](n4ccnn4)C3)N2C1=O)c1ccc2ccc(C(F)(F)P(=O)(O)O)cc2c1. The monoisotopic (exact) mass is 646 g/mol. The molecule has 0 unspecified atom stereocenters. The zero-order chi connectivity index (χ0) is 32.1. The van der Waals surface area contributed by atoms with Crippen LogP contribution in [0.25, 0.3) is 10.8 Å². The molecule has 4 N–H and O–H groups in total. The van der Waals surface area contributed by atoms with Crippen LogP contribution in [0.5, 0.6) is 0 Å². The molecule has 6 rings (SSSR count). The van der Waals surface area contributed by atoms with Crippen LogP contribution in [0.1, 0.15) is 60.5 Å². The van der Waals surface area contributed by atoms with Crippen molar-refractivity contribution in [3.05, 3.63) is 59.9 Å². The van der Waals surface area contributed by atoms with Crippen LogP contribution in [-0.4, -0.2) is 94.7 Å². The van der Waals surface area contributed by atoms with Gasteiger partial charge >= 0.3 is 13.3 Å². The molecule has 3 saturated heterocycles. The zero-order valence-electron chi connectivity index (χ0n) is 24.1. The molecule has 4 heterocycles. The van der Waals surface area contributed by atoms with Crippen molar-refractivity contribution in [1.29, 1.82) is 0 Å². The number of alkyl halides is 2. The summed E-state index contributed by atoms with van der Waals surface area (Å²) in [5.41, 5.74) is -5.22. The third-order valence-electron chi connectivity index (χ3n) is 9.09. The van der Waals surface area contributed by atoms with Gasteiger partial charge in [-0.2, -0.15) is 8.78 Å². The summed E-state index contributed by atoms with van der Waals surface area (Å²) < 4.78 is 41.6. The van der Waals surface area contributed by atoms with Crippen LogP contribution in [0.2, 0.25) is 0 Å². The maximum Gasteiger partial charge on any atom is 0.399 e. The van der Waals surface area contributed by atoms with E-state index in [4.69, 9.17) is 9.79 Å². The van der Waals surface area contributed by atoms with E-state index >= 15 is 0 Å². The number of hydrogen-bond donors (Lipinski definition) is 4. The van der Waals surface area contributed by atoms with Crippen molar-refractivity contribution in [2.75, 3.05) is 13.1 Å². The summed E-state index contributed by atoms with van der Waals surface area (Å²) in [6.07, 6.45) is 5.91. The van der Waals surface area contributed by atoms with E-state index in [0.717, 1.165) is 25.0 Å². The number of hydrogen-bond acceptors (Lipinski definition) is 7. The third kappa shape index (κ3) is 5.85. The average Bonchev–Trinajstić information content (AvgIpc) is 3.76. The van der Waals surface area contributed by atoms with Crippen LogP contribution in [0.3, 0.4) is 0 Å². The first-order chi connectivity index (χ1) is 21.3. The van der Waals surface area contributed by atoms with Crippen LogP contribution < -0.4 is 5.32 Å². The highest BCUT2D eigenvalue weighted by molar-refractivity contribution is 7.52. The van der Waals surface area contributed by atoms with E-state index in [-0.39, 0.29) is 41.9 Å². The van der Waals surface area contributed by atoms with E-state index in [9.17, 15) is 32.8 Å². The van der Waals surface area contributed by atoms with Gasteiger partial charge in [-0.3, -0.25) is 18.9 Å². The average molecular weight is 647 g/mol. The highest BCUT2D eigenvalue weighted by Crippen LogP contribution is 2.59. The summed E-state index contributed by atoms with van der Waals surface area (Å²) in [5, 5.41) is 21.7. The molecule has 0 aliphatic carbocycles. The fourth-order valence-electron chi connectivity index (χ4n) is 6.71. The highest BCUT2D eigenvalue weighted by atomic mass is 31.2. The van der Waals surface area contributed by atoms with Crippen molar-refractivity contribution in [3.8, 4) is 0 Å². The molecular weight excluding hydrogens is 613 g/mol. The molecule has 0 saturated carbocycles. The van der Waals surface area contributed by atoms with Crippen molar-refractivity contribution in [2.45, 2.75) is 74.5 Å². The molecular formula is C29H33F2N6O7P. The Labute approximate surface area is 256 Å². The second-order valence-corrected chi connectivity index (χ2v) is 13.6. The van der Waals surface area contributed by atoms with Gasteiger partial charge in [0.15, 0.2) is 0 Å². The Morgan fingerprint density at radius 2 is 1.76 bits per heavy atom. The van der Waals surface area contributed by atoms with Crippen LogP contribution >= 0.6 is 7.60 Å². The molecule has 16 heteroatoms. The Hall–Kier alpha value is -3.78. The van der Waals surface area contributed by atoms with Gasteiger partial charge in [-0.15, -0.1) is 5.10 Å². The maximum absolute atomic E-state index is 14.3. The fourth-order valence-corrected chi connectivity index (χ4v) is 7.18. The number of carbonyl (C=O) groups excluding carboxylic acids is 3. The number of nitrogens with one attached hydrogen (secondary N) is 1. The van der Waals surface area contributed by atoms with Gasteiger partial charge in [0, 0.05) is 36.5 Å². The number of aliphatic hydroxyl groups excluding tert-OH is 1. The van der Waals surface area contributed by atoms with Gasteiger partial charge in [-0.25, -0.2) is 4.68 Å². The first kappa shape index (κ1) is 31.2. The lowest BCUT2D eigenvalue weighted by atomic mass is 9.98. The van der Waals surface area contributed by atoms with Gasteiger partial charge < -0.3 is 30.0 Å². The predicted molar refractivity (Wildman–Crippen MR) is 155 cm³/mol. The number of aromatic nitrogens is 3. The molecule has 1 aromatic heterocycles. The molecule has 3 aliphatic rings. The fraction of sp³-hybridized carbons (Fsp3) is 0.483. The van der Waals surface area contributed by atoms with E-state index in [1.54, 1.807) is 16.0 Å². The topological polar surface area (TPSA) is 178 Å². The van der Waals surface area contributed by atoms with Gasteiger partial charge in [0.05, 0.1) is 18.3 Å². The van der Waals surface area contributed by atoms with Gasteiger partial charge in [-0.05, 0) is 54.7 Å². The Balaban J connectivity index is 1.20. The second kappa shape index (κ2) is 11.9. The van der Waals surface area contributed by atoms with Gasteiger partial charge in [0.2, 0.25) is 11.8 Å². The highest BCUT2D eigenvalue weighted by Gasteiger charge is 2.50.